The maximum Gasteiger partial charge on any atom is 0.190 e. The van der Waals surface area contributed by atoms with Gasteiger partial charge in [-0.15, -0.1) is 5.10 Å². The molecule has 2 heteroatoms. The van der Waals surface area contributed by atoms with Crippen LogP contribution in [0.5, 0.6) is 0 Å². The van der Waals surface area contributed by atoms with Crippen molar-refractivity contribution >= 4 is 6.21 Å². The van der Waals surface area contributed by atoms with Crippen molar-refractivity contribution in [1.29, 1.82) is 0 Å². The first-order valence-corrected chi connectivity index (χ1v) is 3.65. The van der Waals surface area contributed by atoms with Crippen LogP contribution in [0.2, 0.25) is 0 Å². The van der Waals surface area contributed by atoms with Crippen molar-refractivity contribution in [3.05, 3.63) is 23.8 Å². The lowest BCUT2D eigenvalue weighted by Crippen LogP contribution is -2.83. The third kappa shape index (κ3) is 0.856. The van der Waals surface area contributed by atoms with E-state index in [0.717, 1.165) is 12.8 Å². The molecular formula is C8H11N2+. The van der Waals surface area contributed by atoms with Crippen LogP contribution < -0.4 is 10.5 Å². The van der Waals surface area contributed by atoms with Gasteiger partial charge in [-0.2, -0.15) is 5.43 Å². The SMILES string of the molecule is C1=CCC2N[NH+]=CC=C2C1. The first kappa shape index (κ1) is 5.71. The van der Waals surface area contributed by atoms with E-state index in [2.05, 4.69) is 28.8 Å². The number of hydrogen-bond acceptors (Lipinski definition) is 1. The van der Waals surface area contributed by atoms with E-state index in [1.54, 1.807) is 0 Å². The number of hydrazone groups is 1. The highest BCUT2D eigenvalue weighted by molar-refractivity contribution is 5.67. The Labute approximate surface area is 60.3 Å². The highest BCUT2D eigenvalue weighted by atomic mass is 15.3. The van der Waals surface area contributed by atoms with Crippen LogP contribution >= 0.6 is 0 Å². The second kappa shape index (κ2) is 2.29. The number of allylic oxidation sites excluding steroid dienone is 2. The minimum atomic E-state index is 0.537. The Morgan fingerprint density at radius 3 is 3.40 bits per heavy atom. The molecule has 2 aliphatic rings. The van der Waals surface area contributed by atoms with Crippen molar-refractivity contribution in [3.8, 4) is 0 Å². The molecule has 0 bridgehead atoms. The first-order chi connectivity index (χ1) is 4.97. The fourth-order valence-electron chi connectivity index (χ4n) is 1.38. The smallest absolute Gasteiger partial charge is 0.190 e. The van der Waals surface area contributed by atoms with Gasteiger partial charge in [0.25, 0.3) is 0 Å². The standard InChI is InChI=1S/C8H10N2/c1-2-4-8-7(3-1)5-6-9-10-8/h1-2,5-6,8,10H,3-4H2/p+1. The van der Waals surface area contributed by atoms with Crippen molar-refractivity contribution in [1.82, 2.24) is 5.43 Å². The Hall–Kier alpha value is -1.05. The lowest BCUT2D eigenvalue weighted by molar-refractivity contribution is -0.528. The molecule has 0 spiro atoms. The normalized spacial score (nSPS) is 28.8. The predicted octanol–water partition coefficient (Wildman–Crippen LogP) is -0.699. The summed E-state index contributed by atoms with van der Waals surface area (Å²) in [5.74, 6) is 0. The molecule has 1 unspecified atom stereocenters. The van der Waals surface area contributed by atoms with Gasteiger partial charge < -0.3 is 0 Å². The van der Waals surface area contributed by atoms with E-state index in [0.29, 0.717) is 6.04 Å². The molecule has 0 aromatic rings. The van der Waals surface area contributed by atoms with Crippen LogP contribution in [-0.4, -0.2) is 12.3 Å². The monoisotopic (exact) mass is 135 g/mol. The van der Waals surface area contributed by atoms with Crippen LogP contribution in [-0.2, 0) is 0 Å². The maximum atomic E-state index is 3.20. The highest BCUT2D eigenvalue weighted by Gasteiger charge is 2.18. The fraction of sp³-hybridized carbons (Fsp3) is 0.375. The summed E-state index contributed by atoms with van der Waals surface area (Å²) in [7, 11) is 0. The molecule has 10 heavy (non-hydrogen) atoms. The minimum absolute atomic E-state index is 0.537. The lowest BCUT2D eigenvalue weighted by atomic mass is 9.95. The zero-order chi connectivity index (χ0) is 6.81. The van der Waals surface area contributed by atoms with Crippen LogP contribution in [0.25, 0.3) is 0 Å². The first-order valence-electron chi connectivity index (χ1n) is 3.65. The van der Waals surface area contributed by atoms with Crippen molar-refractivity contribution in [2.75, 3.05) is 0 Å². The van der Waals surface area contributed by atoms with Crippen molar-refractivity contribution in [2.24, 2.45) is 0 Å². The highest BCUT2D eigenvalue weighted by Crippen LogP contribution is 2.16. The molecule has 1 heterocycles. The number of hydrogen-bond donors (Lipinski definition) is 2. The van der Waals surface area contributed by atoms with Crippen LogP contribution in [0.15, 0.2) is 23.8 Å². The predicted molar refractivity (Wildman–Crippen MR) is 40.4 cm³/mol. The van der Waals surface area contributed by atoms with Gasteiger partial charge in [0.1, 0.15) is 6.04 Å². The summed E-state index contributed by atoms with van der Waals surface area (Å²) in [4.78, 5) is 0. The molecule has 2 nitrogen and oxygen atoms in total. The topological polar surface area (TPSA) is 26.0 Å². The van der Waals surface area contributed by atoms with Gasteiger partial charge in [-0.05, 0) is 18.4 Å². The van der Waals surface area contributed by atoms with E-state index in [9.17, 15) is 0 Å². The zero-order valence-corrected chi connectivity index (χ0v) is 5.80. The zero-order valence-electron chi connectivity index (χ0n) is 5.80. The summed E-state index contributed by atoms with van der Waals surface area (Å²) in [6.07, 6.45) is 10.8. The van der Waals surface area contributed by atoms with Gasteiger partial charge in [-0.3, -0.25) is 0 Å². The van der Waals surface area contributed by atoms with Gasteiger partial charge in [0.05, 0.1) is 0 Å². The summed E-state index contributed by atoms with van der Waals surface area (Å²) in [5.41, 5.74) is 4.68. The number of nitrogens with one attached hydrogen (secondary N) is 2. The Morgan fingerprint density at radius 1 is 1.50 bits per heavy atom. The Bertz CT molecular complexity index is 213. The molecule has 1 aliphatic carbocycles. The maximum absolute atomic E-state index is 3.20. The quantitative estimate of drug-likeness (QED) is 0.422. The Balaban J connectivity index is 2.23. The summed E-state index contributed by atoms with van der Waals surface area (Å²) in [6, 6.07) is 0.537. The van der Waals surface area contributed by atoms with Crippen molar-refractivity contribution in [2.45, 2.75) is 18.9 Å². The average molecular weight is 135 g/mol. The Kier molecular flexibility index (Phi) is 1.31. The molecule has 0 aromatic carbocycles. The van der Waals surface area contributed by atoms with Crippen molar-refractivity contribution < 1.29 is 5.10 Å². The number of rotatable bonds is 0. The molecule has 2 rings (SSSR count). The molecular weight excluding hydrogens is 124 g/mol. The van der Waals surface area contributed by atoms with Crippen LogP contribution in [0.1, 0.15) is 12.8 Å². The van der Waals surface area contributed by atoms with E-state index in [4.69, 9.17) is 0 Å². The molecule has 0 saturated carbocycles. The van der Waals surface area contributed by atoms with Gasteiger partial charge in [0, 0.05) is 6.08 Å². The van der Waals surface area contributed by atoms with Gasteiger partial charge in [0.2, 0.25) is 0 Å². The van der Waals surface area contributed by atoms with E-state index in [1.807, 2.05) is 6.21 Å². The molecule has 2 N–H and O–H groups in total. The summed E-state index contributed by atoms with van der Waals surface area (Å²) < 4.78 is 0. The van der Waals surface area contributed by atoms with Gasteiger partial charge in [0.15, 0.2) is 6.21 Å². The molecule has 0 fully saturated rings. The van der Waals surface area contributed by atoms with E-state index in [-0.39, 0.29) is 0 Å². The molecule has 52 valence electrons. The number of fused-ring (bicyclic) bond motifs is 1. The third-order valence-corrected chi connectivity index (χ3v) is 1.98. The van der Waals surface area contributed by atoms with E-state index in [1.165, 1.54) is 5.57 Å². The average Bonchev–Trinajstić information content (AvgIpc) is 2.05. The Morgan fingerprint density at radius 2 is 2.50 bits per heavy atom. The minimum Gasteiger partial charge on any atom is -0.193 e. The van der Waals surface area contributed by atoms with Crippen LogP contribution in [0.4, 0.5) is 0 Å². The van der Waals surface area contributed by atoms with Gasteiger partial charge in [-0.25, -0.2) is 0 Å². The largest absolute Gasteiger partial charge is 0.193 e. The van der Waals surface area contributed by atoms with Crippen molar-refractivity contribution in [3.63, 3.8) is 0 Å². The van der Waals surface area contributed by atoms with Crippen LogP contribution in [0, 0.1) is 0 Å². The lowest BCUT2D eigenvalue weighted by Gasteiger charge is -2.19. The molecule has 0 radical (unpaired) electrons. The fourth-order valence-corrected chi connectivity index (χ4v) is 1.38. The van der Waals surface area contributed by atoms with Gasteiger partial charge in [-0.1, -0.05) is 12.2 Å². The summed E-state index contributed by atoms with van der Waals surface area (Å²) >= 11 is 0. The molecule has 0 saturated heterocycles. The summed E-state index contributed by atoms with van der Waals surface area (Å²) in [5, 5.41) is 3.00. The summed E-state index contributed by atoms with van der Waals surface area (Å²) in [6.45, 7) is 0. The van der Waals surface area contributed by atoms with E-state index >= 15 is 0 Å². The molecule has 1 atom stereocenters. The van der Waals surface area contributed by atoms with Gasteiger partial charge >= 0.3 is 0 Å². The van der Waals surface area contributed by atoms with Crippen LogP contribution in [0.3, 0.4) is 0 Å². The van der Waals surface area contributed by atoms with E-state index < -0.39 is 0 Å². The molecule has 0 amide bonds. The molecule has 0 aromatic heterocycles. The molecule has 1 aliphatic heterocycles. The second-order valence-corrected chi connectivity index (χ2v) is 2.66. The third-order valence-electron chi connectivity index (χ3n) is 1.98. The number of hydrazine groups is 1. The second-order valence-electron chi connectivity index (χ2n) is 2.66.